The van der Waals surface area contributed by atoms with E-state index in [0.717, 1.165) is 4.57 Å². The van der Waals surface area contributed by atoms with Gasteiger partial charge in [0.15, 0.2) is 0 Å². The summed E-state index contributed by atoms with van der Waals surface area (Å²) in [6, 6.07) is 0. The van der Waals surface area contributed by atoms with Crippen LogP contribution in [-0.4, -0.2) is 38.6 Å². The van der Waals surface area contributed by atoms with Crippen molar-refractivity contribution in [3.63, 3.8) is 0 Å². The molecular weight excluding hydrogens is 228 g/mol. The maximum absolute atomic E-state index is 11.6. The van der Waals surface area contributed by atoms with Crippen LogP contribution in [0.3, 0.4) is 0 Å². The van der Waals surface area contributed by atoms with Crippen molar-refractivity contribution >= 4 is 0 Å². The molecule has 1 aromatic rings. The predicted molar refractivity (Wildman–Crippen MR) is 57.7 cm³/mol. The molecule has 2 heterocycles. The van der Waals surface area contributed by atoms with Crippen molar-refractivity contribution in [2.24, 2.45) is 0 Å². The van der Waals surface area contributed by atoms with Crippen LogP contribution in [0.15, 0.2) is 15.8 Å². The van der Waals surface area contributed by atoms with Crippen LogP contribution in [0, 0.1) is 6.92 Å². The molecule has 0 unspecified atom stereocenters. The van der Waals surface area contributed by atoms with Crippen LogP contribution < -0.4 is 11.2 Å². The molecule has 0 aromatic carbocycles. The van der Waals surface area contributed by atoms with Gasteiger partial charge < -0.3 is 14.9 Å². The first-order chi connectivity index (χ1) is 8.45. The van der Waals surface area contributed by atoms with Gasteiger partial charge in [0.2, 0.25) is 0 Å². The predicted octanol–water partition coefficient (Wildman–Crippen LogP) is -1.51. The van der Waals surface area contributed by atoms with Gasteiger partial charge in [0.1, 0.15) is 12.3 Å². The monoisotopic (exact) mass is 243 g/mol. The minimum Gasteiger partial charge on any atom is -0.394 e. The summed E-state index contributed by atoms with van der Waals surface area (Å²) in [5, 5.41) is 18.6. The molecule has 2 rings (SSSR count). The van der Waals surface area contributed by atoms with Gasteiger partial charge in [-0.3, -0.25) is 14.3 Å². The largest absolute Gasteiger partial charge is 0.394 e. The zero-order valence-electron chi connectivity index (χ0n) is 10.2. The molecule has 1 aliphatic rings. The highest BCUT2D eigenvalue weighted by molar-refractivity contribution is 5.02. The van der Waals surface area contributed by atoms with Gasteiger partial charge in [0.25, 0.3) is 5.56 Å². The van der Waals surface area contributed by atoms with E-state index in [-0.39, 0.29) is 0 Å². The smallest absolute Gasteiger partial charge is 0.330 e. The first-order valence-corrected chi connectivity index (χ1v) is 5.14. The van der Waals surface area contributed by atoms with Gasteiger partial charge in [-0.1, -0.05) is 0 Å². The number of hydrogen-bond donors (Lipinski definition) is 3. The highest BCUT2D eigenvalue weighted by Gasteiger charge is 2.34. The zero-order chi connectivity index (χ0) is 13.4. The quantitative estimate of drug-likeness (QED) is 0.585. The summed E-state index contributed by atoms with van der Waals surface area (Å²) in [5.74, 6) is 0. The Balaban J connectivity index is 2.42. The number of aliphatic hydroxyl groups excluding tert-OH is 2. The molecule has 0 radical (unpaired) electrons. The standard InChI is InChI=1S/C10H14N2O5/c1-5-3-12(10(16)11-9(5)15)8-2-6(14)7(4-13)17-8/h3,6-8,13-14H,2,4H2,1H3,(H,11,15,16)/t6-,7+,8+/m0/s1/i2D/t2-,6+,7-,8-/m1. The summed E-state index contributed by atoms with van der Waals surface area (Å²) in [6.07, 6.45) is -2.94. The Bertz CT molecular complexity index is 554. The third-order valence-corrected chi connectivity index (χ3v) is 2.66. The average Bonchev–Trinajstić information content (AvgIpc) is 2.61. The van der Waals surface area contributed by atoms with Crippen LogP contribution in [0.25, 0.3) is 0 Å². The van der Waals surface area contributed by atoms with Crippen molar-refractivity contribution in [1.82, 2.24) is 9.55 Å². The van der Waals surface area contributed by atoms with E-state index in [1.807, 2.05) is 0 Å². The van der Waals surface area contributed by atoms with E-state index in [9.17, 15) is 14.7 Å². The molecule has 0 amide bonds. The normalized spacial score (nSPS) is 33.7. The second-order valence-corrected chi connectivity index (χ2v) is 3.91. The topological polar surface area (TPSA) is 105 Å². The summed E-state index contributed by atoms with van der Waals surface area (Å²) < 4.78 is 14.0. The summed E-state index contributed by atoms with van der Waals surface area (Å²) in [6.45, 7) is 1.08. The maximum atomic E-state index is 11.6. The zero-order valence-corrected chi connectivity index (χ0v) is 9.16. The maximum Gasteiger partial charge on any atom is 0.330 e. The van der Waals surface area contributed by atoms with Crippen molar-refractivity contribution in [2.45, 2.75) is 31.8 Å². The molecule has 3 N–H and O–H groups in total. The van der Waals surface area contributed by atoms with E-state index in [0.29, 0.717) is 5.56 Å². The molecular formula is C10H14N2O5. The lowest BCUT2D eigenvalue weighted by molar-refractivity contribution is -0.0459. The Kier molecular flexibility index (Phi) is 2.79. The van der Waals surface area contributed by atoms with E-state index in [1.165, 1.54) is 13.1 Å². The number of ether oxygens (including phenoxy) is 1. The molecule has 1 saturated heterocycles. The fourth-order valence-corrected chi connectivity index (χ4v) is 1.68. The Labute approximate surface area is 97.7 Å². The number of aryl methyl sites for hydroxylation is 1. The van der Waals surface area contributed by atoms with Gasteiger partial charge in [-0.05, 0) is 6.92 Å². The molecule has 0 spiro atoms. The number of hydrogen-bond acceptors (Lipinski definition) is 5. The molecule has 4 atom stereocenters. The van der Waals surface area contributed by atoms with Gasteiger partial charge in [-0.25, -0.2) is 4.79 Å². The first kappa shape index (κ1) is 10.7. The number of nitrogens with zero attached hydrogens (tertiary/aromatic N) is 1. The van der Waals surface area contributed by atoms with Crippen molar-refractivity contribution in [3.05, 3.63) is 32.6 Å². The van der Waals surface area contributed by atoms with Gasteiger partial charge in [-0.2, -0.15) is 0 Å². The lowest BCUT2D eigenvalue weighted by Gasteiger charge is -2.14. The van der Waals surface area contributed by atoms with E-state index >= 15 is 0 Å². The number of nitrogens with one attached hydrogen (secondary N) is 1. The number of aromatic nitrogens is 2. The highest BCUT2D eigenvalue weighted by Crippen LogP contribution is 2.27. The Morgan fingerprint density at radius 3 is 3.00 bits per heavy atom. The molecule has 0 aliphatic carbocycles. The second kappa shape index (κ2) is 4.44. The molecule has 0 saturated carbocycles. The van der Waals surface area contributed by atoms with Crippen LogP contribution in [0.1, 0.15) is 19.6 Å². The summed E-state index contributed by atoms with van der Waals surface area (Å²) in [7, 11) is 0. The van der Waals surface area contributed by atoms with Crippen molar-refractivity contribution in [1.29, 1.82) is 0 Å². The number of rotatable bonds is 2. The minimum absolute atomic E-state index is 0.298. The third-order valence-electron chi connectivity index (χ3n) is 2.66. The summed E-state index contributed by atoms with van der Waals surface area (Å²) in [5.41, 5.74) is -0.916. The number of aromatic amines is 1. The Morgan fingerprint density at radius 1 is 1.71 bits per heavy atom. The van der Waals surface area contributed by atoms with Crippen molar-refractivity contribution in [3.8, 4) is 0 Å². The summed E-state index contributed by atoms with van der Waals surface area (Å²) in [4.78, 5) is 25.0. The SMILES string of the molecule is [2H][C@@H]1[C@H](O)[C@@H](CO)O[C@H]1n1cc(C)c(=O)[nH]c1=O. The van der Waals surface area contributed by atoms with Crippen LogP contribution in [0.5, 0.6) is 0 Å². The number of H-pyrrole nitrogens is 1. The third kappa shape index (κ3) is 2.17. The Morgan fingerprint density at radius 2 is 2.41 bits per heavy atom. The Hall–Kier alpha value is -1.44. The lowest BCUT2D eigenvalue weighted by Crippen LogP contribution is -2.33. The summed E-state index contributed by atoms with van der Waals surface area (Å²) >= 11 is 0. The fourth-order valence-electron chi connectivity index (χ4n) is 1.68. The average molecular weight is 243 g/mol. The van der Waals surface area contributed by atoms with E-state index in [1.54, 1.807) is 0 Å². The second-order valence-electron chi connectivity index (χ2n) is 3.91. The van der Waals surface area contributed by atoms with Gasteiger partial charge in [0.05, 0.1) is 12.7 Å². The molecule has 7 nitrogen and oxygen atoms in total. The van der Waals surface area contributed by atoms with Crippen LogP contribution in [0.2, 0.25) is 0 Å². The molecule has 1 aliphatic heterocycles. The van der Waals surface area contributed by atoms with Crippen LogP contribution >= 0.6 is 0 Å². The molecule has 7 heteroatoms. The van der Waals surface area contributed by atoms with Crippen molar-refractivity contribution < 1.29 is 16.3 Å². The van der Waals surface area contributed by atoms with Crippen LogP contribution in [0.4, 0.5) is 0 Å². The molecule has 0 bridgehead atoms. The molecule has 17 heavy (non-hydrogen) atoms. The lowest BCUT2D eigenvalue weighted by atomic mass is 10.2. The molecule has 1 aromatic heterocycles. The first-order valence-electron chi connectivity index (χ1n) is 5.72. The minimum atomic E-state index is -1.18. The van der Waals surface area contributed by atoms with E-state index < -0.39 is 42.7 Å². The van der Waals surface area contributed by atoms with Gasteiger partial charge >= 0.3 is 5.69 Å². The molecule has 1 fully saturated rings. The van der Waals surface area contributed by atoms with Gasteiger partial charge in [-0.15, -0.1) is 0 Å². The van der Waals surface area contributed by atoms with Gasteiger partial charge in [0, 0.05) is 19.5 Å². The van der Waals surface area contributed by atoms with E-state index in [4.69, 9.17) is 11.2 Å². The number of aliphatic hydroxyl groups is 2. The fraction of sp³-hybridized carbons (Fsp3) is 0.600. The van der Waals surface area contributed by atoms with Crippen molar-refractivity contribution in [2.75, 3.05) is 6.61 Å². The van der Waals surface area contributed by atoms with E-state index in [2.05, 4.69) is 4.98 Å². The highest BCUT2D eigenvalue weighted by atomic mass is 16.5. The van der Waals surface area contributed by atoms with Crippen LogP contribution in [-0.2, 0) is 4.74 Å². The molecule has 94 valence electrons.